The summed E-state index contributed by atoms with van der Waals surface area (Å²) < 4.78 is 17.6. The normalized spacial score (nSPS) is 15.0. The Bertz CT molecular complexity index is 190. The van der Waals surface area contributed by atoms with Crippen molar-refractivity contribution in [3.63, 3.8) is 0 Å². The van der Waals surface area contributed by atoms with Gasteiger partial charge < -0.3 is 18.4 Å². The fraction of sp³-hybridized carbons (Fsp3) is 1.00. The lowest BCUT2D eigenvalue weighted by Gasteiger charge is -2.41. The molecular formula is C12H28O4Si. The fourth-order valence-corrected chi connectivity index (χ4v) is 5.25. The molecule has 0 aliphatic rings. The summed E-state index contributed by atoms with van der Waals surface area (Å²) in [5, 5.41) is 9.32. The predicted molar refractivity (Wildman–Crippen MR) is 71.0 cm³/mol. The average Bonchev–Trinajstić information content (AvgIpc) is 2.16. The molecule has 17 heavy (non-hydrogen) atoms. The Hall–Kier alpha value is 0.0569. The monoisotopic (exact) mass is 264 g/mol. The van der Waals surface area contributed by atoms with Gasteiger partial charge in [0.05, 0.1) is 6.10 Å². The third kappa shape index (κ3) is 4.67. The predicted octanol–water partition coefficient (Wildman–Crippen LogP) is 2.59. The van der Waals surface area contributed by atoms with Crippen molar-refractivity contribution in [2.45, 2.75) is 59.1 Å². The van der Waals surface area contributed by atoms with Crippen molar-refractivity contribution >= 4 is 8.80 Å². The first kappa shape index (κ1) is 17.1. The zero-order valence-electron chi connectivity index (χ0n) is 12.1. The molecule has 0 saturated heterocycles. The van der Waals surface area contributed by atoms with E-state index in [-0.39, 0.29) is 5.04 Å². The molecule has 0 aromatic rings. The van der Waals surface area contributed by atoms with Gasteiger partial charge in [-0.05, 0) is 34.1 Å². The van der Waals surface area contributed by atoms with E-state index in [1.807, 2.05) is 34.6 Å². The van der Waals surface area contributed by atoms with Crippen LogP contribution in [-0.4, -0.2) is 39.8 Å². The highest BCUT2D eigenvalue weighted by Crippen LogP contribution is 2.43. The van der Waals surface area contributed by atoms with Gasteiger partial charge in [-0.3, -0.25) is 0 Å². The van der Waals surface area contributed by atoms with Crippen molar-refractivity contribution in [2.75, 3.05) is 19.8 Å². The molecule has 0 rings (SSSR count). The van der Waals surface area contributed by atoms with Crippen LogP contribution in [0.3, 0.4) is 0 Å². The molecule has 104 valence electrons. The summed E-state index contributed by atoms with van der Waals surface area (Å²) in [5.41, 5.74) is 0. The van der Waals surface area contributed by atoms with Crippen LogP contribution in [0.1, 0.15) is 48.0 Å². The van der Waals surface area contributed by atoms with E-state index in [9.17, 15) is 5.11 Å². The lowest BCUT2D eigenvalue weighted by atomic mass is 10.1. The molecule has 0 heterocycles. The Balaban J connectivity index is 5.07. The SMILES string of the molecule is CCO[Si](OCC)(OCC)C(C)(C)CC(C)O. The van der Waals surface area contributed by atoms with Gasteiger partial charge in [0.2, 0.25) is 0 Å². The maximum absolute atomic E-state index is 9.61. The average molecular weight is 264 g/mol. The smallest absolute Gasteiger partial charge is 0.393 e. The van der Waals surface area contributed by atoms with Crippen LogP contribution in [0, 0.1) is 0 Å². The molecule has 0 aliphatic heterocycles. The minimum atomic E-state index is -2.75. The second-order valence-corrected chi connectivity index (χ2v) is 8.12. The van der Waals surface area contributed by atoms with E-state index < -0.39 is 14.9 Å². The molecule has 0 amide bonds. The Morgan fingerprint density at radius 2 is 1.35 bits per heavy atom. The zero-order chi connectivity index (χ0) is 13.5. The second kappa shape index (κ2) is 7.48. The molecule has 1 N–H and O–H groups in total. The first-order valence-corrected chi connectivity index (χ1v) is 8.17. The maximum atomic E-state index is 9.61. The third-order valence-electron chi connectivity index (χ3n) is 2.64. The van der Waals surface area contributed by atoms with Crippen molar-refractivity contribution in [1.29, 1.82) is 0 Å². The van der Waals surface area contributed by atoms with Gasteiger partial charge in [-0.2, -0.15) is 0 Å². The van der Waals surface area contributed by atoms with Gasteiger partial charge in [0.15, 0.2) is 0 Å². The van der Waals surface area contributed by atoms with Crippen LogP contribution in [0.5, 0.6) is 0 Å². The Kier molecular flexibility index (Phi) is 7.51. The van der Waals surface area contributed by atoms with E-state index >= 15 is 0 Å². The van der Waals surface area contributed by atoms with Crippen LogP contribution >= 0.6 is 0 Å². The van der Waals surface area contributed by atoms with E-state index in [1.165, 1.54) is 0 Å². The van der Waals surface area contributed by atoms with E-state index in [2.05, 4.69) is 0 Å². The largest absolute Gasteiger partial charge is 0.507 e. The molecule has 0 aromatic carbocycles. The molecule has 1 atom stereocenters. The lowest BCUT2D eigenvalue weighted by molar-refractivity contribution is 0.0370. The molecule has 0 aliphatic carbocycles. The van der Waals surface area contributed by atoms with E-state index in [0.717, 1.165) is 0 Å². The minimum absolute atomic E-state index is 0.288. The summed E-state index contributed by atoms with van der Waals surface area (Å²) in [6.45, 7) is 13.4. The van der Waals surface area contributed by atoms with Crippen LogP contribution in [0.25, 0.3) is 0 Å². The first-order valence-electron chi connectivity index (χ1n) is 6.45. The summed E-state index contributed by atoms with van der Waals surface area (Å²) in [6, 6.07) is 0. The van der Waals surface area contributed by atoms with Gasteiger partial charge in [0, 0.05) is 24.9 Å². The zero-order valence-corrected chi connectivity index (χ0v) is 13.1. The van der Waals surface area contributed by atoms with Crippen molar-refractivity contribution < 1.29 is 18.4 Å². The number of aliphatic hydroxyl groups is 1. The molecule has 5 heteroatoms. The van der Waals surface area contributed by atoms with Crippen molar-refractivity contribution in [3.8, 4) is 0 Å². The first-order chi connectivity index (χ1) is 7.85. The summed E-state index contributed by atoms with van der Waals surface area (Å²) in [4.78, 5) is 0. The Morgan fingerprint density at radius 1 is 1.00 bits per heavy atom. The molecule has 0 saturated carbocycles. The standard InChI is InChI=1S/C12H28O4Si/c1-7-14-17(15-8-2,16-9-3)12(5,6)10-11(4)13/h11,13H,7-10H2,1-6H3. The van der Waals surface area contributed by atoms with Gasteiger partial charge in [-0.1, -0.05) is 13.8 Å². The van der Waals surface area contributed by atoms with E-state index in [0.29, 0.717) is 26.2 Å². The summed E-state index contributed by atoms with van der Waals surface area (Å²) in [5.74, 6) is 0. The van der Waals surface area contributed by atoms with Crippen LogP contribution in [0.15, 0.2) is 0 Å². The Morgan fingerprint density at radius 3 is 1.59 bits per heavy atom. The molecular weight excluding hydrogens is 236 g/mol. The maximum Gasteiger partial charge on any atom is 0.507 e. The summed E-state index contributed by atoms with van der Waals surface area (Å²) in [6.07, 6.45) is 0.220. The molecule has 4 nitrogen and oxygen atoms in total. The van der Waals surface area contributed by atoms with Crippen LogP contribution in [0.2, 0.25) is 5.04 Å². The van der Waals surface area contributed by atoms with Crippen LogP contribution in [0.4, 0.5) is 0 Å². The van der Waals surface area contributed by atoms with E-state index in [1.54, 1.807) is 6.92 Å². The molecule has 0 spiro atoms. The summed E-state index contributed by atoms with van der Waals surface area (Å²) in [7, 11) is -2.75. The van der Waals surface area contributed by atoms with Gasteiger partial charge in [-0.25, -0.2) is 0 Å². The van der Waals surface area contributed by atoms with Crippen molar-refractivity contribution in [3.05, 3.63) is 0 Å². The minimum Gasteiger partial charge on any atom is -0.393 e. The number of aliphatic hydroxyl groups excluding tert-OH is 1. The van der Waals surface area contributed by atoms with Crippen LogP contribution in [-0.2, 0) is 13.3 Å². The second-order valence-electron chi connectivity index (χ2n) is 4.79. The van der Waals surface area contributed by atoms with Gasteiger partial charge in [-0.15, -0.1) is 0 Å². The Labute approximate surface area is 107 Å². The number of hydrogen-bond donors (Lipinski definition) is 1. The third-order valence-corrected chi connectivity index (χ3v) is 6.51. The van der Waals surface area contributed by atoms with Gasteiger partial charge in [0.1, 0.15) is 0 Å². The highest BCUT2D eigenvalue weighted by Gasteiger charge is 2.55. The fourth-order valence-electron chi connectivity index (χ4n) is 2.14. The molecule has 1 unspecified atom stereocenters. The van der Waals surface area contributed by atoms with Gasteiger partial charge >= 0.3 is 8.80 Å². The van der Waals surface area contributed by atoms with Crippen molar-refractivity contribution in [2.24, 2.45) is 0 Å². The molecule has 0 aromatic heterocycles. The molecule has 0 radical (unpaired) electrons. The number of rotatable bonds is 9. The van der Waals surface area contributed by atoms with Crippen molar-refractivity contribution in [1.82, 2.24) is 0 Å². The highest BCUT2D eigenvalue weighted by molar-refractivity contribution is 6.64. The highest BCUT2D eigenvalue weighted by atomic mass is 28.4. The van der Waals surface area contributed by atoms with Gasteiger partial charge in [0.25, 0.3) is 0 Å². The molecule has 0 fully saturated rings. The lowest BCUT2D eigenvalue weighted by Crippen LogP contribution is -2.55. The quantitative estimate of drug-likeness (QED) is 0.650. The summed E-state index contributed by atoms with van der Waals surface area (Å²) >= 11 is 0. The molecule has 0 bridgehead atoms. The topological polar surface area (TPSA) is 47.9 Å². The van der Waals surface area contributed by atoms with E-state index in [4.69, 9.17) is 13.3 Å². The van der Waals surface area contributed by atoms with Crippen LogP contribution < -0.4 is 0 Å². The number of hydrogen-bond acceptors (Lipinski definition) is 4.